The Kier molecular flexibility index (Phi) is 3.59. The summed E-state index contributed by atoms with van der Waals surface area (Å²) in [5.74, 6) is -0.805. The van der Waals surface area contributed by atoms with Crippen LogP contribution in [0.25, 0.3) is 0 Å². The maximum atomic E-state index is 12.4. The van der Waals surface area contributed by atoms with Crippen LogP contribution in [0.2, 0.25) is 5.15 Å². The van der Waals surface area contributed by atoms with E-state index in [9.17, 15) is 13.6 Å². The number of pyridine rings is 1. The zero-order chi connectivity index (χ0) is 10.9. The molecule has 1 heterocycles. The molecule has 76 valence electrons. The standard InChI is InChI=1S/C7H4ClF2IN2O/c8-3-1-2(7(12)14)4(11)5(13-3)6(9)10/h1,6H,(H2,12,14). The molecule has 7 heteroatoms. The molecule has 0 saturated heterocycles. The minimum Gasteiger partial charge on any atom is -0.366 e. The number of nitrogens with zero attached hydrogens (tertiary/aromatic N) is 1. The number of aromatic nitrogens is 1. The molecule has 0 radical (unpaired) electrons. The molecule has 2 N–H and O–H groups in total. The minimum atomic E-state index is -2.78. The van der Waals surface area contributed by atoms with Gasteiger partial charge in [-0.3, -0.25) is 4.79 Å². The Morgan fingerprint density at radius 1 is 1.64 bits per heavy atom. The minimum absolute atomic E-state index is 0.0366. The molecule has 0 unspecified atom stereocenters. The van der Waals surface area contributed by atoms with Crippen molar-refractivity contribution in [3.8, 4) is 0 Å². The molecule has 0 aliphatic carbocycles. The molecule has 1 amide bonds. The summed E-state index contributed by atoms with van der Waals surface area (Å²) in [6, 6.07) is 1.16. The highest BCUT2D eigenvalue weighted by molar-refractivity contribution is 14.1. The molecule has 0 spiro atoms. The molecular weight excluding hydrogens is 328 g/mol. The predicted octanol–water partition coefficient (Wildman–Crippen LogP) is 2.38. The molecule has 1 rings (SSSR count). The predicted molar refractivity (Wildman–Crippen MR) is 55.4 cm³/mol. The fourth-order valence-corrected chi connectivity index (χ4v) is 1.82. The number of nitrogens with two attached hydrogens (primary N) is 1. The van der Waals surface area contributed by atoms with Gasteiger partial charge in [0.25, 0.3) is 6.43 Å². The van der Waals surface area contributed by atoms with E-state index in [2.05, 4.69) is 4.98 Å². The zero-order valence-corrected chi connectivity index (χ0v) is 9.51. The lowest BCUT2D eigenvalue weighted by Gasteiger charge is -2.06. The van der Waals surface area contributed by atoms with E-state index in [0.717, 1.165) is 6.07 Å². The quantitative estimate of drug-likeness (QED) is 0.668. The Morgan fingerprint density at radius 2 is 2.21 bits per heavy atom. The Labute approximate surface area is 96.8 Å². The summed E-state index contributed by atoms with van der Waals surface area (Å²) in [5, 5.41) is -0.172. The molecule has 0 atom stereocenters. The molecule has 0 bridgehead atoms. The summed E-state index contributed by atoms with van der Waals surface area (Å²) in [6.07, 6.45) is -2.78. The first-order valence-electron chi connectivity index (χ1n) is 3.37. The average Bonchev–Trinajstić information content (AvgIpc) is 2.07. The molecule has 0 aromatic carbocycles. The first-order chi connectivity index (χ1) is 6.43. The van der Waals surface area contributed by atoms with Crippen LogP contribution in [0.3, 0.4) is 0 Å². The molecule has 14 heavy (non-hydrogen) atoms. The van der Waals surface area contributed by atoms with Gasteiger partial charge >= 0.3 is 0 Å². The van der Waals surface area contributed by atoms with Crippen LogP contribution in [0, 0.1) is 3.57 Å². The van der Waals surface area contributed by atoms with Crippen molar-refractivity contribution in [3.05, 3.63) is 26.0 Å². The summed E-state index contributed by atoms with van der Waals surface area (Å²) >= 11 is 7.04. The number of hydrogen-bond donors (Lipinski definition) is 1. The summed E-state index contributed by atoms with van der Waals surface area (Å²) in [5.41, 5.74) is 4.42. The number of halogens is 4. The van der Waals surface area contributed by atoms with Gasteiger partial charge in [0.2, 0.25) is 5.91 Å². The molecule has 0 fully saturated rings. The van der Waals surface area contributed by atoms with Crippen molar-refractivity contribution >= 4 is 40.1 Å². The highest BCUT2D eigenvalue weighted by Gasteiger charge is 2.19. The van der Waals surface area contributed by atoms with Crippen molar-refractivity contribution in [2.45, 2.75) is 6.43 Å². The Hall–Kier alpha value is -0.500. The van der Waals surface area contributed by atoms with Crippen LogP contribution in [-0.2, 0) is 0 Å². The van der Waals surface area contributed by atoms with Gasteiger partial charge in [-0.15, -0.1) is 0 Å². The van der Waals surface area contributed by atoms with Crippen molar-refractivity contribution < 1.29 is 13.6 Å². The fraction of sp³-hybridized carbons (Fsp3) is 0.143. The third-order valence-electron chi connectivity index (χ3n) is 1.42. The number of alkyl halides is 2. The summed E-state index contributed by atoms with van der Waals surface area (Å²) in [6.45, 7) is 0. The number of primary amides is 1. The number of hydrogen-bond acceptors (Lipinski definition) is 2. The second kappa shape index (κ2) is 4.35. The van der Waals surface area contributed by atoms with Crippen molar-refractivity contribution in [3.63, 3.8) is 0 Å². The van der Waals surface area contributed by atoms with Crippen molar-refractivity contribution in [1.29, 1.82) is 0 Å². The highest BCUT2D eigenvalue weighted by atomic mass is 127. The van der Waals surface area contributed by atoms with Gasteiger partial charge in [0, 0.05) is 0 Å². The number of amides is 1. The normalized spacial score (nSPS) is 10.6. The van der Waals surface area contributed by atoms with Crippen LogP contribution in [0.4, 0.5) is 8.78 Å². The van der Waals surface area contributed by atoms with Gasteiger partial charge in [-0.1, -0.05) is 11.6 Å². The lowest BCUT2D eigenvalue weighted by Crippen LogP contribution is -2.15. The average molecular weight is 332 g/mol. The molecule has 0 saturated carbocycles. The SMILES string of the molecule is NC(=O)c1cc(Cl)nc(C(F)F)c1I. The molecular formula is C7H4ClF2IN2O. The first-order valence-corrected chi connectivity index (χ1v) is 4.83. The van der Waals surface area contributed by atoms with E-state index in [1.165, 1.54) is 0 Å². The van der Waals surface area contributed by atoms with Crippen molar-refractivity contribution in [2.24, 2.45) is 5.73 Å². The van der Waals surface area contributed by atoms with E-state index in [-0.39, 0.29) is 14.3 Å². The van der Waals surface area contributed by atoms with E-state index >= 15 is 0 Å². The van der Waals surface area contributed by atoms with Crippen LogP contribution >= 0.6 is 34.2 Å². The van der Waals surface area contributed by atoms with Gasteiger partial charge in [-0.2, -0.15) is 0 Å². The lowest BCUT2D eigenvalue weighted by atomic mass is 10.2. The maximum absolute atomic E-state index is 12.4. The van der Waals surface area contributed by atoms with Crippen LogP contribution in [0.5, 0.6) is 0 Å². The second-order valence-electron chi connectivity index (χ2n) is 2.36. The third kappa shape index (κ3) is 2.30. The Bertz CT molecular complexity index is 386. The number of rotatable bonds is 2. The molecule has 0 aliphatic heterocycles. The molecule has 0 aliphatic rings. The largest absolute Gasteiger partial charge is 0.366 e. The monoisotopic (exact) mass is 332 g/mol. The van der Waals surface area contributed by atoms with Gasteiger partial charge in [-0.05, 0) is 28.7 Å². The molecule has 1 aromatic rings. The number of carbonyl (C=O) groups excluding carboxylic acids is 1. The zero-order valence-electron chi connectivity index (χ0n) is 6.60. The number of carbonyl (C=O) groups is 1. The van der Waals surface area contributed by atoms with Crippen LogP contribution in [0.1, 0.15) is 22.5 Å². The summed E-state index contributed by atoms with van der Waals surface area (Å²) < 4.78 is 24.8. The first kappa shape index (κ1) is 11.6. The Morgan fingerprint density at radius 3 is 2.64 bits per heavy atom. The topological polar surface area (TPSA) is 56.0 Å². The van der Waals surface area contributed by atoms with Gasteiger partial charge < -0.3 is 5.73 Å². The molecule has 1 aromatic heterocycles. The van der Waals surface area contributed by atoms with Crippen molar-refractivity contribution in [1.82, 2.24) is 4.98 Å². The molecule has 3 nitrogen and oxygen atoms in total. The fourth-order valence-electron chi connectivity index (χ4n) is 0.841. The van der Waals surface area contributed by atoms with Gasteiger partial charge in [0.05, 0.1) is 9.13 Å². The summed E-state index contributed by atoms with van der Waals surface area (Å²) in [4.78, 5) is 14.3. The van der Waals surface area contributed by atoms with Crippen molar-refractivity contribution in [2.75, 3.05) is 0 Å². The van der Waals surface area contributed by atoms with Gasteiger partial charge in [0.1, 0.15) is 10.8 Å². The smallest absolute Gasteiger partial charge is 0.281 e. The van der Waals surface area contributed by atoms with E-state index in [1.54, 1.807) is 22.6 Å². The van der Waals surface area contributed by atoms with Crippen LogP contribution < -0.4 is 5.73 Å². The maximum Gasteiger partial charge on any atom is 0.281 e. The van der Waals surface area contributed by atoms with Gasteiger partial charge in [0.15, 0.2) is 0 Å². The third-order valence-corrected chi connectivity index (χ3v) is 2.75. The second-order valence-corrected chi connectivity index (χ2v) is 3.82. The van der Waals surface area contributed by atoms with Gasteiger partial charge in [-0.25, -0.2) is 13.8 Å². The highest BCUT2D eigenvalue weighted by Crippen LogP contribution is 2.27. The summed E-state index contributed by atoms with van der Waals surface area (Å²) in [7, 11) is 0. The van der Waals surface area contributed by atoms with Crippen LogP contribution in [0.15, 0.2) is 6.07 Å². The van der Waals surface area contributed by atoms with Crippen LogP contribution in [-0.4, -0.2) is 10.9 Å². The van der Waals surface area contributed by atoms with E-state index in [1.807, 2.05) is 0 Å². The van der Waals surface area contributed by atoms with E-state index in [0.29, 0.717) is 0 Å². The van der Waals surface area contributed by atoms with E-state index in [4.69, 9.17) is 17.3 Å². The Balaban J connectivity index is 3.40. The van der Waals surface area contributed by atoms with E-state index < -0.39 is 18.0 Å². The lowest BCUT2D eigenvalue weighted by molar-refractivity contribution is 0.0998.